The fourth-order valence-electron chi connectivity index (χ4n) is 2.25. The van der Waals surface area contributed by atoms with E-state index in [4.69, 9.17) is 4.74 Å². The van der Waals surface area contributed by atoms with Crippen LogP contribution in [0.4, 0.5) is 5.69 Å². The van der Waals surface area contributed by atoms with Crippen LogP contribution in [0.25, 0.3) is 0 Å². The molecule has 0 aliphatic carbocycles. The number of carbonyl (C=O) groups excluding carboxylic acids is 1. The second kappa shape index (κ2) is 6.03. The second-order valence-electron chi connectivity index (χ2n) is 6.45. The second-order valence-corrected chi connectivity index (χ2v) is 6.45. The van der Waals surface area contributed by atoms with Crippen molar-refractivity contribution >= 4 is 11.6 Å². The lowest BCUT2D eigenvalue weighted by Gasteiger charge is -2.27. The molecule has 2 rings (SSSR count). The van der Waals surface area contributed by atoms with Gasteiger partial charge in [-0.1, -0.05) is 6.07 Å². The standard InChI is InChI=1S/C16H24N2O3/c1-16(2,3)17-8-7-13(19)11-5-6-14-12(9-11)18(4)15(20)10-21-14/h5-6,9,13,17,19H,7-8,10H2,1-4H3. The first kappa shape index (κ1) is 15.8. The molecule has 0 saturated carbocycles. The van der Waals surface area contributed by atoms with E-state index in [1.54, 1.807) is 11.9 Å². The van der Waals surface area contributed by atoms with Gasteiger partial charge in [-0.05, 0) is 51.4 Å². The van der Waals surface area contributed by atoms with Gasteiger partial charge in [-0.2, -0.15) is 0 Å². The fourth-order valence-corrected chi connectivity index (χ4v) is 2.25. The molecule has 2 N–H and O–H groups in total. The Morgan fingerprint density at radius 2 is 2.14 bits per heavy atom. The van der Waals surface area contributed by atoms with E-state index in [2.05, 4.69) is 26.1 Å². The number of ether oxygens (including phenoxy) is 1. The molecule has 0 spiro atoms. The Hall–Kier alpha value is -1.59. The van der Waals surface area contributed by atoms with Crippen molar-refractivity contribution in [1.82, 2.24) is 5.32 Å². The van der Waals surface area contributed by atoms with E-state index in [-0.39, 0.29) is 18.1 Å². The SMILES string of the molecule is CN1C(=O)COc2ccc(C(O)CCNC(C)(C)C)cc21. The van der Waals surface area contributed by atoms with Crippen LogP contribution in [-0.4, -0.2) is 36.8 Å². The van der Waals surface area contributed by atoms with Gasteiger partial charge in [-0.3, -0.25) is 4.79 Å². The Kier molecular flexibility index (Phi) is 4.54. The minimum Gasteiger partial charge on any atom is -0.482 e. The van der Waals surface area contributed by atoms with Crippen molar-refractivity contribution in [2.24, 2.45) is 0 Å². The van der Waals surface area contributed by atoms with Gasteiger partial charge in [0.05, 0.1) is 11.8 Å². The number of likely N-dealkylation sites (N-methyl/N-ethyl adjacent to an activating group) is 1. The van der Waals surface area contributed by atoms with Gasteiger partial charge in [0.15, 0.2) is 6.61 Å². The number of rotatable bonds is 4. The van der Waals surface area contributed by atoms with Gasteiger partial charge in [-0.25, -0.2) is 0 Å². The molecule has 0 bridgehead atoms. The van der Waals surface area contributed by atoms with E-state index in [0.29, 0.717) is 17.9 Å². The zero-order valence-corrected chi connectivity index (χ0v) is 13.1. The van der Waals surface area contributed by atoms with Crippen LogP contribution in [-0.2, 0) is 4.79 Å². The van der Waals surface area contributed by atoms with Crippen molar-refractivity contribution in [3.8, 4) is 5.75 Å². The molecule has 1 aromatic carbocycles. The molecule has 5 heteroatoms. The molecule has 1 amide bonds. The summed E-state index contributed by atoms with van der Waals surface area (Å²) in [5, 5.41) is 13.6. The first-order valence-electron chi connectivity index (χ1n) is 7.24. The third kappa shape index (κ3) is 3.95. The van der Waals surface area contributed by atoms with Gasteiger partial charge < -0.3 is 20.1 Å². The van der Waals surface area contributed by atoms with Gasteiger partial charge in [-0.15, -0.1) is 0 Å². The lowest BCUT2D eigenvalue weighted by atomic mass is 10.0. The summed E-state index contributed by atoms with van der Waals surface area (Å²) >= 11 is 0. The monoisotopic (exact) mass is 292 g/mol. The smallest absolute Gasteiger partial charge is 0.264 e. The van der Waals surface area contributed by atoms with Gasteiger partial charge >= 0.3 is 0 Å². The highest BCUT2D eigenvalue weighted by atomic mass is 16.5. The Bertz CT molecular complexity index is 523. The number of fused-ring (bicyclic) bond motifs is 1. The van der Waals surface area contributed by atoms with Crippen molar-refractivity contribution in [3.05, 3.63) is 23.8 Å². The zero-order chi connectivity index (χ0) is 15.6. The zero-order valence-electron chi connectivity index (χ0n) is 13.1. The largest absolute Gasteiger partial charge is 0.482 e. The molecular formula is C16H24N2O3. The molecule has 0 radical (unpaired) electrons. The van der Waals surface area contributed by atoms with Crippen LogP contribution >= 0.6 is 0 Å². The maximum absolute atomic E-state index is 11.6. The number of benzene rings is 1. The minimum absolute atomic E-state index is 0.0377. The number of aliphatic hydroxyl groups excluding tert-OH is 1. The van der Waals surface area contributed by atoms with Crippen molar-refractivity contribution in [3.63, 3.8) is 0 Å². The fraction of sp³-hybridized carbons (Fsp3) is 0.562. The summed E-state index contributed by atoms with van der Waals surface area (Å²) in [6.45, 7) is 7.08. The quantitative estimate of drug-likeness (QED) is 0.889. The lowest BCUT2D eigenvalue weighted by Crippen LogP contribution is -2.37. The molecule has 116 valence electrons. The van der Waals surface area contributed by atoms with Crippen LogP contribution < -0.4 is 15.0 Å². The maximum atomic E-state index is 11.6. The molecule has 0 fully saturated rings. The van der Waals surface area contributed by atoms with Crippen LogP contribution in [0.1, 0.15) is 38.9 Å². The Morgan fingerprint density at radius 1 is 1.43 bits per heavy atom. The van der Waals surface area contributed by atoms with E-state index in [1.807, 2.05) is 18.2 Å². The molecule has 1 aromatic rings. The molecule has 1 heterocycles. The first-order chi connectivity index (χ1) is 9.78. The summed E-state index contributed by atoms with van der Waals surface area (Å²) in [5.41, 5.74) is 1.55. The summed E-state index contributed by atoms with van der Waals surface area (Å²) in [6.07, 6.45) is 0.0600. The Labute approximate surface area is 125 Å². The van der Waals surface area contributed by atoms with Crippen molar-refractivity contribution in [1.29, 1.82) is 0 Å². The summed E-state index contributed by atoms with van der Waals surface area (Å²) < 4.78 is 5.38. The van der Waals surface area contributed by atoms with Crippen LogP contribution in [0.3, 0.4) is 0 Å². The van der Waals surface area contributed by atoms with Crippen LogP contribution in [0.15, 0.2) is 18.2 Å². The summed E-state index contributed by atoms with van der Waals surface area (Å²) in [5.74, 6) is 0.601. The molecule has 21 heavy (non-hydrogen) atoms. The predicted octanol–water partition coefficient (Wildman–Crippen LogP) is 1.85. The summed E-state index contributed by atoms with van der Waals surface area (Å²) in [6, 6.07) is 5.49. The highest BCUT2D eigenvalue weighted by molar-refractivity contribution is 5.97. The van der Waals surface area contributed by atoms with E-state index >= 15 is 0 Å². The molecule has 1 atom stereocenters. The number of amides is 1. The van der Waals surface area contributed by atoms with Gasteiger partial charge in [0, 0.05) is 12.6 Å². The lowest BCUT2D eigenvalue weighted by molar-refractivity contribution is -0.120. The number of carbonyl (C=O) groups is 1. The average molecular weight is 292 g/mol. The van der Waals surface area contributed by atoms with Crippen LogP contribution in [0, 0.1) is 0 Å². The predicted molar refractivity (Wildman–Crippen MR) is 82.7 cm³/mol. The van der Waals surface area contributed by atoms with Crippen LogP contribution in [0.5, 0.6) is 5.75 Å². The summed E-state index contributed by atoms with van der Waals surface area (Å²) in [4.78, 5) is 13.2. The average Bonchev–Trinajstić information content (AvgIpc) is 2.41. The number of aliphatic hydroxyl groups is 1. The normalized spacial score (nSPS) is 16.4. The molecule has 0 aromatic heterocycles. The molecule has 5 nitrogen and oxygen atoms in total. The number of nitrogens with zero attached hydrogens (tertiary/aromatic N) is 1. The first-order valence-corrected chi connectivity index (χ1v) is 7.24. The van der Waals surface area contributed by atoms with Crippen molar-refractivity contribution in [2.45, 2.75) is 38.8 Å². The van der Waals surface area contributed by atoms with E-state index < -0.39 is 6.10 Å². The van der Waals surface area contributed by atoms with E-state index in [0.717, 1.165) is 12.1 Å². The third-order valence-corrected chi connectivity index (χ3v) is 3.53. The molecular weight excluding hydrogens is 268 g/mol. The topological polar surface area (TPSA) is 61.8 Å². The number of nitrogens with one attached hydrogen (secondary N) is 1. The maximum Gasteiger partial charge on any atom is 0.264 e. The van der Waals surface area contributed by atoms with Gasteiger partial charge in [0.2, 0.25) is 0 Å². The number of hydrogen-bond acceptors (Lipinski definition) is 4. The Morgan fingerprint density at radius 3 is 2.81 bits per heavy atom. The third-order valence-electron chi connectivity index (χ3n) is 3.53. The summed E-state index contributed by atoms with van der Waals surface area (Å²) in [7, 11) is 1.72. The minimum atomic E-state index is -0.560. The molecule has 1 unspecified atom stereocenters. The van der Waals surface area contributed by atoms with Crippen molar-refractivity contribution < 1.29 is 14.6 Å². The molecule has 1 aliphatic rings. The number of hydrogen-bond donors (Lipinski definition) is 2. The number of anilines is 1. The van der Waals surface area contributed by atoms with Gasteiger partial charge in [0.1, 0.15) is 5.75 Å². The Balaban J connectivity index is 2.05. The van der Waals surface area contributed by atoms with E-state index in [1.165, 1.54) is 0 Å². The molecule has 0 saturated heterocycles. The van der Waals surface area contributed by atoms with Gasteiger partial charge in [0.25, 0.3) is 5.91 Å². The van der Waals surface area contributed by atoms with Crippen LogP contribution in [0.2, 0.25) is 0 Å². The van der Waals surface area contributed by atoms with Crippen molar-refractivity contribution in [2.75, 3.05) is 25.1 Å². The highest BCUT2D eigenvalue weighted by Crippen LogP contribution is 2.34. The van der Waals surface area contributed by atoms with E-state index in [9.17, 15) is 9.90 Å². The molecule has 1 aliphatic heterocycles. The highest BCUT2D eigenvalue weighted by Gasteiger charge is 2.23.